The molecule has 6 fully saturated rings. The summed E-state index contributed by atoms with van der Waals surface area (Å²) in [6.45, 7) is 0. The average molecular weight is 833 g/mol. The van der Waals surface area contributed by atoms with Crippen LogP contribution in [0, 0.1) is 0 Å². The van der Waals surface area contributed by atoms with Crippen LogP contribution >= 0.6 is 34.6 Å². The molecule has 6 aliphatic rings. The third kappa shape index (κ3) is 13.9. The van der Waals surface area contributed by atoms with Gasteiger partial charge < -0.3 is 17.3 Å². The van der Waals surface area contributed by atoms with Gasteiger partial charge in [0.15, 0.2) is 0 Å². The van der Waals surface area contributed by atoms with Gasteiger partial charge in [-0.15, -0.1) is 0 Å². The van der Waals surface area contributed by atoms with Crippen molar-refractivity contribution < 1.29 is 30.8 Å². The summed E-state index contributed by atoms with van der Waals surface area (Å²) < 4.78 is 41.7. The van der Waals surface area contributed by atoms with Gasteiger partial charge in [0, 0.05) is 0 Å². The van der Waals surface area contributed by atoms with Gasteiger partial charge in [-0.1, -0.05) is 65.7 Å². The quantitative estimate of drug-likeness (QED) is 0.136. The standard InChI is InChI=1S/C19H34P.C18H33P.BF4.2ClH.Ru/c1-20(17-11-5-2-6-12-17,18-13-7-3-8-14-18)19-15-9-4-10-16-19;1-4-10-16(11-5-1)19(17-12-6-2-7-13-17)18-14-8-3-9-15-18;2-1(3,4)5;;;/h1,17-19H,2-16H2;16-18H,1-15H2;;2*1H;/q+1;;-1;;;+2/p-2. The van der Waals surface area contributed by atoms with Crippen molar-refractivity contribution in [3.8, 4) is 0 Å². The van der Waals surface area contributed by atoms with Crippen molar-refractivity contribution in [2.75, 3.05) is 0 Å². The second kappa shape index (κ2) is 22.1. The summed E-state index contributed by atoms with van der Waals surface area (Å²) in [5.74, 6) is 0. The predicted molar refractivity (Wildman–Crippen MR) is 203 cm³/mol. The molecule has 0 nitrogen and oxygen atoms in total. The molecule has 0 N–H and O–H groups in total. The van der Waals surface area contributed by atoms with E-state index < -0.39 is 28.0 Å². The molecule has 0 spiro atoms. The monoisotopic (exact) mass is 832 g/mol. The van der Waals surface area contributed by atoms with Gasteiger partial charge in [0.1, 0.15) is 0 Å². The molecule has 0 aromatic heterocycles. The van der Waals surface area contributed by atoms with Gasteiger partial charge in [-0.25, -0.2) is 0 Å². The Labute approximate surface area is 301 Å². The van der Waals surface area contributed by atoms with Crippen LogP contribution in [0.25, 0.3) is 0 Å². The first kappa shape index (κ1) is 41.5. The molecule has 6 aliphatic carbocycles. The van der Waals surface area contributed by atoms with Crippen LogP contribution in [-0.4, -0.2) is 45.6 Å². The van der Waals surface area contributed by atoms with Gasteiger partial charge in [0.2, 0.25) is 0 Å². The van der Waals surface area contributed by atoms with Crippen molar-refractivity contribution in [3.05, 3.63) is 0 Å². The fourth-order valence-corrected chi connectivity index (χ4v) is 31.1. The van der Waals surface area contributed by atoms with Crippen molar-refractivity contribution in [2.24, 2.45) is 0 Å². The average Bonchev–Trinajstić information content (AvgIpc) is 3.09. The van der Waals surface area contributed by atoms with Crippen LogP contribution in [0.5, 0.6) is 0 Å². The second-order valence-corrected chi connectivity index (χ2v) is 29.7. The number of hydrogen-bond donors (Lipinski definition) is 0. The van der Waals surface area contributed by atoms with E-state index in [0.717, 1.165) is 17.0 Å². The zero-order chi connectivity index (χ0) is 33.5. The summed E-state index contributed by atoms with van der Waals surface area (Å²) in [6.07, 6.45) is 45.8. The zero-order valence-electron chi connectivity index (χ0n) is 29.3. The minimum absolute atomic E-state index is 0.385. The summed E-state index contributed by atoms with van der Waals surface area (Å²) in [6, 6.07) is 0. The first-order valence-electron chi connectivity index (χ1n) is 20.1. The molecule has 278 valence electrons. The van der Waals surface area contributed by atoms with E-state index in [1.807, 2.05) is 0 Å². The Morgan fingerprint density at radius 1 is 0.426 bits per heavy atom. The third-order valence-electron chi connectivity index (χ3n) is 12.8. The molecular weight excluding hydrogens is 765 g/mol. The Morgan fingerprint density at radius 3 is 0.851 bits per heavy atom. The van der Waals surface area contributed by atoms with Crippen LogP contribution in [-0.2, 0) is 13.5 Å². The molecule has 0 bridgehead atoms. The summed E-state index contributed by atoms with van der Waals surface area (Å²) in [4.78, 5) is 0. The van der Waals surface area contributed by atoms with Crippen molar-refractivity contribution in [3.63, 3.8) is 0 Å². The van der Waals surface area contributed by atoms with Crippen LogP contribution in [0.1, 0.15) is 193 Å². The van der Waals surface area contributed by atoms with Crippen LogP contribution in [0.3, 0.4) is 0 Å². The molecule has 0 saturated heterocycles. The molecular formula is C37H67BCl2F4P2Ru. The van der Waals surface area contributed by atoms with Crippen molar-refractivity contribution in [1.82, 2.24) is 0 Å². The van der Waals surface area contributed by atoms with Gasteiger partial charge in [0.25, 0.3) is 0 Å². The molecule has 0 radical (unpaired) electrons. The van der Waals surface area contributed by atoms with E-state index in [1.165, 1.54) is 133 Å². The van der Waals surface area contributed by atoms with Crippen molar-refractivity contribution in [1.29, 1.82) is 0 Å². The van der Waals surface area contributed by atoms with E-state index in [0.29, 0.717) is 7.92 Å². The van der Waals surface area contributed by atoms with Gasteiger partial charge in [-0.3, -0.25) is 0 Å². The molecule has 0 aliphatic heterocycles. The van der Waals surface area contributed by atoms with E-state index in [9.17, 15) is 17.3 Å². The molecule has 0 atom stereocenters. The molecule has 47 heavy (non-hydrogen) atoms. The second-order valence-electron chi connectivity index (χ2n) is 15.9. The Balaban J connectivity index is 0.000000189. The van der Waals surface area contributed by atoms with Crippen LogP contribution < -0.4 is 0 Å². The fraction of sp³-hybridized carbons (Fsp3) is 0.973. The number of hydrogen-bond acceptors (Lipinski definition) is 0. The molecule has 0 heterocycles. The fourth-order valence-electron chi connectivity index (χ4n) is 10.9. The normalized spacial score (nSPS) is 26.1. The first-order chi connectivity index (χ1) is 22.7. The summed E-state index contributed by atoms with van der Waals surface area (Å²) >= 11 is -1.68. The predicted octanol–water partition coefficient (Wildman–Crippen LogP) is 15.5. The maximum atomic E-state index is 9.75. The molecule has 6 saturated carbocycles. The molecule has 0 aromatic carbocycles. The number of rotatable bonds is 7. The summed E-state index contributed by atoms with van der Waals surface area (Å²) in [5, 5.41) is 0. The summed E-state index contributed by atoms with van der Waals surface area (Å²) in [7, 11) is 6.48. The maximum absolute atomic E-state index is 9.75. The van der Waals surface area contributed by atoms with Gasteiger partial charge >= 0.3 is 165 Å². The molecule has 10 heteroatoms. The van der Waals surface area contributed by atoms with Gasteiger partial charge in [0.05, 0.1) is 0 Å². The van der Waals surface area contributed by atoms with E-state index in [-0.39, 0.29) is 0 Å². The van der Waals surface area contributed by atoms with E-state index in [2.05, 4.69) is 4.35 Å². The molecule has 0 amide bonds. The molecule has 0 aromatic rings. The van der Waals surface area contributed by atoms with Crippen LogP contribution in [0.2, 0.25) is 0 Å². The van der Waals surface area contributed by atoms with Gasteiger partial charge in [-0.2, -0.15) is 0 Å². The molecule has 0 unspecified atom stereocenters. The Kier molecular flexibility index (Phi) is 19.5. The van der Waals surface area contributed by atoms with Crippen LogP contribution in [0.15, 0.2) is 0 Å². The van der Waals surface area contributed by atoms with E-state index >= 15 is 0 Å². The molecule has 6 rings (SSSR count). The first-order valence-corrected chi connectivity index (χ1v) is 29.1. The SMILES string of the molecule is C1CCC(P(C2CCCCC2)C2CCCCC2)CC1.F[B-](F)(F)F.[Cl][Ru]([Cl])=[CH][P+](C1CCCCC1)(C1CCCCC1)C1CCCCC1. The Morgan fingerprint density at radius 2 is 0.638 bits per heavy atom. The van der Waals surface area contributed by atoms with Crippen LogP contribution in [0.4, 0.5) is 17.3 Å². The Bertz CT molecular complexity index is 778. The van der Waals surface area contributed by atoms with Gasteiger partial charge in [-0.05, 0) is 55.5 Å². The summed E-state index contributed by atoms with van der Waals surface area (Å²) in [5.41, 5.74) is 6.56. The van der Waals surface area contributed by atoms with Crippen molar-refractivity contribution in [2.45, 2.75) is 227 Å². The minimum atomic E-state index is -6.00. The zero-order valence-corrected chi connectivity index (χ0v) is 34.4. The van der Waals surface area contributed by atoms with Crippen molar-refractivity contribution >= 4 is 46.2 Å². The van der Waals surface area contributed by atoms with E-state index in [1.54, 1.807) is 77.0 Å². The Hall–Kier alpha value is 1.72. The third-order valence-corrected chi connectivity index (χ3v) is 28.5. The number of halogens is 6. The topological polar surface area (TPSA) is 0 Å². The van der Waals surface area contributed by atoms with E-state index in [4.69, 9.17) is 19.4 Å².